The minimum absolute atomic E-state index is 0.122. The van der Waals surface area contributed by atoms with E-state index < -0.39 is 46.2 Å². The predicted molar refractivity (Wildman–Crippen MR) is 84.1 cm³/mol. The average Bonchev–Trinajstić information content (AvgIpc) is 2.93. The third-order valence-corrected chi connectivity index (χ3v) is 3.98. The maximum Gasteiger partial charge on any atom is 0.442 e. The molecule has 1 heterocycles. The van der Waals surface area contributed by atoms with E-state index in [1.165, 1.54) is 6.07 Å². The van der Waals surface area contributed by atoms with E-state index in [4.69, 9.17) is 27.6 Å². The molecule has 0 spiro atoms. The quantitative estimate of drug-likeness (QED) is 0.588. The van der Waals surface area contributed by atoms with E-state index in [1.54, 1.807) is 0 Å². The SMILES string of the molecule is O=c1oc(-c2c(F)cccc2F)nn1-c1ccc(Cl)c(Cl)c1OC(F)F. The third-order valence-electron chi connectivity index (χ3n) is 3.19. The number of hydrogen-bond donors (Lipinski definition) is 0. The first-order valence-electron chi connectivity index (χ1n) is 6.77. The Labute approximate surface area is 152 Å². The van der Waals surface area contributed by atoms with Crippen LogP contribution in [0.25, 0.3) is 17.1 Å². The minimum atomic E-state index is -3.28. The molecule has 0 fully saturated rings. The highest BCUT2D eigenvalue weighted by Crippen LogP contribution is 2.38. The molecule has 136 valence electrons. The topological polar surface area (TPSA) is 57.3 Å². The Morgan fingerprint density at radius 3 is 2.38 bits per heavy atom. The summed E-state index contributed by atoms with van der Waals surface area (Å²) < 4.78 is 62.5. The summed E-state index contributed by atoms with van der Waals surface area (Å²) in [7, 11) is 0. The highest BCUT2D eigenvalue weighted by Gasteiger charge is 2.24. The monoisotopic (exact) mass is 408 g/mol. The van der Waals surface area contributed by atoms with Crippen molar-refractivity contribution in [2.24, 2.45) is 0 Å². The van der Waals surface area contributed by atoms with Crippen molar-refractivity contribution in [1.29, 1.82) is 0 Å². The molecule has 0 N–H and O–H groups in total. The molecule has 0 aliphatic rings. The second-order valence-electron chi connectivity index (χ2n) is 4.77. The summed E-state index contributed by atoms with van der Waals surface area (Å²) in [5.74, 6) is -4.61. The second-order valence-corrected chi connectivity index (χ2v) is 5.55. The number of benzene rings is 2. The van der Waals surface area contributed by atoms with Gasteiger partial charge in [0.05, 0.1) is 5.02 Å². The van der Waals surface area contributed by atoms with E-state index in [9.17, 15) is 22.4 Å². The van der Waals surface area contributed by atoms with Gasteiger partial charge in [-0.05, 0) is 24.3 Å². The standard InChI is InChI=1S/C15H6Cl2F4N2O3/c16-6-4-5-9(12(11(6)17)25-14(20)21)23-15(24)26-13(22-23)10-7(18)2-1-3-8(10)19/h1-5,14H. The Morgan fingerprint density at radius 2 is 1.77 bits per heavy atom. The fourth-order valence-corrected chi connectivity index (χ4v) is 2.48. The summed E-state index contributed by atoms with van der Waals surface area (Å²) in [5, 5.41) is 3.11. The maximum atomic E-state index is 13.8. The van der Waals surface area contributed by atoms with Crippen molar-refractivity contribution in [1.82, 2.24) is 9.78 Å². The van der Waals surface area contributed by atoms with E-state index in [-0.39, 0.29) is 10.7 Å². The van der Waals surface area contributed by atoms with Crippen LogP contribution in [0, 0.1) is 11.6 Å². The van der Waals surface area contributed by atoms with Crippen LogP contribution >= 0.6 is 23.2 Å². The van der Waals surface area contributed by atoms with Crippen molar-refractivity contribution in [3.8, 4) is 22.9 Å². The molecular weight excluding hydrogens is 403 g/mol. The van der Waals surface area contributed by atoms with Gasteiger partial charge in [-0.1, -0.05) is 29.3 Å². The van der Waals surface area contributed by atoms with Crippen LogP contribution in [0.3, 0.4) is 0 Å². The minimum Gasteiger partial charge on any atom is -0.431 e. The van der Waals surface area contributed by atoms with Gasteiger partial charge in [-0.3, -0.25) is 0 Å². The Morgan fingerprint density at radius 1 is 1.12 bits per heavy atom. The molecule has 3 aromatic rings. The molecule has 0 aliphatic carbocycles. The van der Waals surface area contributed by atoms with Gasteiger partial charge >= 0.3 is 12.4 Å². The third kappa shape index (κ3) is 3.27. The zero-order valence-corrected chi connectivity index (χ0v) is 13.9. The number of alkyl halides is 2. The number of nitrogens with zero attached hydrogens (tertiary/aromatic N) is 2. The summed E-state index contributed by atoms with van der Waals surface area (Å²) >= 11 is 11.6. The fraction of sp³-hybridized carbons (Fsp3) is 0.0667. The zero-order chi connectivity index (χ0) is 19.0. The molecule has 0 amide bonds. The van der Waals surface area contributed by atoms with Crippen LogP contribution in [-0.4, -0.2) is 16.4 Å². The predicted octanol–water partition coefficient (Wildman–Crippen LogP) is 4.68. The van der Waals surface area contributed by atoms with E-state index in [2.05, 4.69) is 9.84 Å². The van der Waals surface area contributed by atoms with Gasteiger partial charge in [0.25, 0.3) is 5.89 Å². The lowest BCUT2D eigenvalue weighted by atomic mass is 10.2. The normalized spacial score (nSPS) is 11.2. The van der Waals surface area contributed by atoms with Crippen molar-refractivity contribution in [2.45, 2.75) is 6.61 Å². The second kappa shape index (κ2) is 7.00. The van der Waals surface area contributed by atoms with Gasteiger partial charge in [0.2, 0.25) is 0 Å². The lowest BCUT2D eigenvalue weighted by Gasteiger charge is -2.12. The van der Waals surface area contributed by atoms with Gasteiger partial charge in [-0.25, -0.2) is 13.6 Å². The zero-order valence-electron chi connectivity index (χ0n) is 12.4. The fourth-order valence-electron chi connectivity index (χ4n) is 2.12. The highest BCUT2D eigenvalue weighted by atomic mass is 35.5. The van der Waals surface area contributed by atoms with Gasteiger partial charge in [0.15, 0.2) is 5.75 Å². The molecule has 0 aliphatic heterocycles. The molecule has 0 unspecified atom stereocenters. The molecular formula is C15H6Cl2F4N2O3. The Kier molecular flexibility index (Phi) is 4.92. The number of hydrogen-bond acceptors (Lipinski definition) is 4. The van der Waals surface area contributed by atoms with Crippen molar-refractivity contribution in [3.05, 3.63) is 62.6 Å². The molecule has 11 heteroatoms. The van der Waals surface area contributed by atoms with E-state index in [0.717, 1.165) is 24.3 Å². The summed E-state index contributed by atoms with van der Waals surface area (Å²) in [5.41, 5.74) is -1.05. The van der Waals surface area contributed by atoms with E-state index >= 15 is 0 Å². The lowest BCUT2D eigenvalue weighted by Crippen LogP contribution is -2.16. The lowest BCUT2D eigenvalue weighted by molar-refractivity contribution is -0.0498. The van der Waals surface area contributed by atoms with Gasteiger partial charge < -0.3 is 9.15 Å². The molecule has 0 saturated carbocycles. The Bertz CT molecular complexity index is 1020. The van der Waals surface area contributed by atoms with Crippen molar-refractivity contribution < 1.29 is 26.7 Å². The van der Waals surface area contributed by atoms with Crippen LogP contribution in [-0.2, 0) is 0 Å². The van der Waals surface area contributed by atoms with Crippen LogP contribution in [0.4, 0.5) is 17.6 Å². The Balaban J connectivity index is 2.20. The van der Waals surface area contributed by atoms with Crippen LogP contribution in [0.15, 0.2) is 39.5 Å². The number of aromatic nitrogens is 2. The van der Waals surface area contributed by atoms with Crippen LogP contribution < -0.4 is 10.5 Å². The number of ether oxygens (including phenoxy) is 1. The first-order valence-corrected chi connectivity index (χ1v) is 7.53. The maximum absolute atomic E-state index is 13.8. The van der Waals surface area contributed by atoms with Gasteiger partial charge in [0, 0.05) is 0 Å². The number of rotatable bonds is 4. The average molecular weight is 409 g/mol. The molecule has 2 aromatic carbocycles. The van der Waals surface area contributed by atoms with Crippen molar-refractivity contribution in [3.63, 3.8) is 0 Å². The van der Waals surface area contributed by atoms with E-state index in [1.807, 2.05) is 0 Å². The van der Waals surface area contributed by atoms with Gasteiger partial charge in [0.1, 0.15) is 27.9 Å². The molecule has 0 saturated heterocycles. The van der Waals surface area contributed by atoms with Gasteiger partial charge in [-0.2, -0.15) is 13.5 Å². The van der Waals surface area contributed by atoms with Crippen LogP contribution in [0.2, 0.25) is 10.0 Å². The molecule has 3 rings (SSSR count). The van der Waals surface area contributed by atoms with Crippen molar-refractivity contribution in [2.75, 3.05) is 0 Å². The first-order chi connectivity index (χ1) is 12.3. The van der Waals surface area contributed by atoms with Crippen LogP contribution in [0.1, 0.15) is 0 Å². The summed E-state index contributed by atoms with van der Waals surface area (Å²) in [6, 6.07) is 5.28. The molecule has 0 radical (unpaired) electrons. The molecule has 5 nitrogen and oxygen atoms in total. The first kappa shape index (κ1) is 18.3. The molecule has 26 heavy (non-hydrogen) atoms. The van der Waals surface area contributed by atoms with Crippen LogP contribution in [0.5, 0.6) is 5.75 Å². The highest BCUT2D eigenvalue weighted by molar-refractivity contribution is 6.43. The molecule has 0 atom stereocenters. The van der Waals surface area contributed by atoms with Crippen molar-refractivity contribution >= 4 is 23.2 Å². The molecule has 0 bridgehead atoms. The Hall–Kier alpha value is -2.52. The summed E-state index contributed by atoms with van der Waals surface area (Å²) in [6.45, 7) is -3.28. The van der Waals surface area contributed by atoms with Gasteiger partial charge in [-0.15, -0.1) is 5.10 Å². The number of halogens is 6. The largest absolute Gasteiger partial charge is 0.442 e. The summed E-state index contributed by atoms with van der Waals surface area (Å²) in [4.78, 5) is 12.0. The molecule has 1 aromatic heterocycles. The summed E-state index contributed by atoms with van der Waals surface area (Å²) in [6.07, 6.45) is 0. The smallest absolute Gasteiger partial charge is 0.431 e. The van der Waals surface area contributed by atoms with E-state index in [0.29, 0.717) is 4.68 Å².